The van der Waals surface area contributed by atoms with Crippen LogP contribution in [0.3, 0.4) is 0 Å². The van der Waals surface area contributed by atoms with Crippen molar-refractivity contribution < 1.29 is 9.53 Å². The lowest BCUT2D eigenvalue weighted by atomic mass is 9.81. The van der Waals surface area contributed by atoms with Gasteiger partial charge in [0.1, 0.15) is 0 Å². The van der Waals surface area contributed by atoms with Gasteiger partial charge in [0.15, 0.2) is 0 Å². The molecule has 2 N–H and O–H groups in total. The zero-order chi connectivity index (χ0) is 13.3. The summed E-state index contributed by atoms with van der Waals surface area (Å²) < 4.78 is 5.24. The van der Waals surface area contributed by atoms with Gasteiger partial charge in [0, 0.05) is 19.6 Å². The fraction of sp³-hybridized carbons (Fsp3) is 0.786. The number of ether oxygens (including phenoxy) is 1. The summed E-state index contributed by atoms with van der Waals surface area (Å²) in [5, 5.41) is 6.39. The summed E-state index contributed by atoms with van der Waals surface area (Å²) in [4.78, 5) is 11.7. The molecule has 0 spiro atoms. The highest BCUT2D eigenvalue weighted by Crippen LogP contribution is 2.26. The van der Waals surface area contributed by atoms with Gasteiger partial charge in [0.2, 0.25) is 5.91 Å². The molecule has 1 rings (SSSR count). The standard InChI is InChI=1S/C14H26N2O2/c1-3-10-18-11-4-5-13(17)16-12-14(2)6-8-15-9-7-14/h3,15H,1,4-12H2,2H3,(H,16,17). The summed E-state index contributed by atoms with van der Waals surface area (Å²) in [5.41, 5.74) is 0.264. The summed E-state index contributed by atoms with van der Waals surface area (Å²) in [6.45, 7) is 9.92. The van der Waals surface area contributed by atoms with Crippen molar-refractivity contribution in [3.63, 3.8) is 0 Å². The molecule has 0 aromatic heterocycles. The van der Waals surface area contributed by atoms with E-state index in [1.54, 1.807) is 6.08 Å². The van der Waals surface area contributed by atoms with Crippen molar-refractivity contribution in [3.8, 4) is 0 Å². The first-order valence-electron chi connectivity index (χ1n) is 6.82. The van der Waals surface area contributed by atoms with Crippen LogP contribution in [0.1, 0.15) is 32.6 Å². The van der Waals surface area contributed by atoms with E-state index in [1.807, 2.05) is 0 Å². The van der Waals surface area contributed by atoms with Crippen LogP contribution in [0, 0.1) is 5.41 Å². The summed E-state index contributed by atoms with van der Waals surface area (Å²) >= 11 is 0. The van der Waals surface area contributed by atoms with Gasteiger partial charge in [0.25, 0.3) is 0 Å². The molecule has 1 saturated heterocycles. The lowest BCUT2D eigenvalue weighted by Gasteiger charge is -2.34. The maximum absolute atomic E-state index is 11.7. The normalized spacial score (nSPS) is 18.3. The summed E-state index contributed by atoms with van der Waals surface area (Å²) in [5.74, 6) is 0.136. The van der Waals surface area contributed by atoms with E-state index in [1.165, 1.54) is 0 Å². The van der Waals surface area contributed by atoms with Gasteiger partial charge in [-0.1, -0.05) is 13.0 Å². The minimum atomic E-state index is 0.136. The molecular formula is C14H26N2O2. The van der Waals surface area contributed by atoms with Crippen LogP contribution in [0.25, 0.3) is 0 Å². The average molecular weight is 254 g/mol. The first-order valence-corrected chi connectivity index (χ1v) is 6.82. The lowest BCUT2D eigenvalue weighted by Crippen LogP contribution is -2.42. The predicted octanol–water partition coefficient (Wildman–Crippen LogP) is 1.48. The van der Waals surface area contributed by atoms with E-state index in [-0.39, 0.29) is 11.3 Å². The Kier molecular flexibility index (Phi) is 6.98. The minimum Gasteiger partial charge on any atom is -0.377 e. The summed E-state index contributed by atoms with van der Waals surface area (Å²) in [6.07, 6.45) is 5.31. The maximum Gasteiger partial charge on any atom is 0.220 e. The van der Waals surface area contributed by atoms with E-state index in [0.29, 0.717) is 19.6 Å². The molecule has 0 saturated carbocycles. The molecule has 0 aromatic rings. The molecule has 1 aliphatic heterocycles. The Labute approximate surface area is 110 Å². The van der Waals surface area contributed by atoms with E-state index in [9.17, 15) is 4.79 Å². The molecule has 18 heavy (non-hydrogen) atoms. The smallest absolute Gasteiger partial charge is 0.220 e. The van der Waals surface area contributed by atoms with Crippen molar-refractivity contribution in [1.82, 2.24) is 10.6 Å². The molecule has 0 radical (unpaired) electrons. The Morgan fingerprint density at radius 2 is 2.22 bits per heavy atom. The molecule has 1 amide bonds. The molecular weight excluding hydrogens is 228 g/mol. The number of hydrogen-bond acceptors (Lipinski definition) is 3. The van der Waals surface area contributed by atoms with Crippen LogP contribution in [0.5, 0.6) is 0 Å². The first kappa shape index (κ1) is 15.2. The van der Waals surface area contributed by atoms with E-state index < -0.39 is 0 Å². The molecule has 0 aromatic carbocycles. The van der Waals surface area contributed by atoms with Crippen LogP contribution in [-0.2, 0) is 9.53 Å². The van der Waals surface area contributed by atoms with Crippen LogP contribution in [0.2, 0.25) is 0 Å². The number of piperidine rings is 1. The Morgan fingerprint density at radius 3 is 2.89 bits per heavy atom. The van der Waals surface area contributed by atoms with Crippen LogP contribution in [0.15, 0.2) is 12.7 Å². The Balaban J connectivity index is 2.07. The van der Waals surface area contributed by atoms with Gasteiger partial charge in [-0.05, 0) is 37.8 Å². The molecule has 1 heterocycles. The third kappa shape index (κ3) is 6.17. The number of hydrogen-bond donors (Lipinski definition) is 2. The molecule has 1 aliphatic rings. The number of carbonyl (C=O) groups is 1. The van der Waals surface area contributed by atoms with Crippen molar-refractivity contribution in [2.24, 2.45) is 5.41 Å². The molecule has 0 bridgehead atoms. The first-order chi connectivity index (χ1) is 8.66. The van der Waals surface area contributed by atoms with Crippen molar-refractivity contribution in [3.05, 3.63) is 12.7 Å². The zero-order valence-corrected chi connectivity index (χ0v) is 11.5. The Bertz CT molecular complexity index is 261. The highest BCUT2D eigenvalue weighted by atomic mass is 16.5. The zero-order valence-electron chi connectivity index (χ0n) is 11.5. The van der Waals surface area contributed by atoms with Crippen molar-refractivity contribution >= 4 is 5.91 Å². The van der Waals surface area contributed by atoms with Crippen LogP contribution < -0.4 is 10.6 Å². The monoisotopic (exact) mass is 254 g/mol. The quantitative estimate of drug-likeness (QED) is 0.509. The second kappa shape index (κ2) is 8.27. The molecule has 4 nitrogen and oxygen atoms in total. The Morgan fingerprint density at radius 1 is 1.50 bits per heavy atom. The molecule has 4 heteroatoms. The van der Waals surface area contributed by atoms with Gasteiger partial charge >= 0.3 is 0 Å². The Hall–Kier alpha value is -0.870. The second-order valence-corrected chi connectivity index (χ2v) is 5.30. The third-order valence-corrected chi connectivity index (χ3v) is 3.45. The predicted molar refractivity (Wildman–Crippen MR) is 73.5 cm³/mol. The highest BCUT2D eigenvalue weighted by molar-refractivity contribution is 5.75. The highest BCUT2D eigenvalue weighted by Gasteiger charge is 2.26. The summed E-state index contributed by atoms with van der Waals surface area (Å²) in [7, 11) is 0. The fourth-order valence-corrected chi connectivity index (χ4v) is 2.11. The second-order valence-electron chi connectivity index (χ2n) is 5.30. The van der Waals surface area contributed by atoms with Gasteiger partial charge in [0.05, 0.1) is 6.61 Å². The van der Waals surface area contributed by atoms with Crippen molar-refractivity contribution in [2.75, 3.05) is 32.8 Å². The molecule has 0 atom stereocenters. The molecule has 1 fully saturated rings. The number of carbonyl (C=O) groups excluding carboxylic acids is 1. The van der Waals surface area contributed by atoms with E-state index in [0.717, 1.165) is 38.9 Å². The van der Waals surface area contributed by atoms with Gasteiger partial charge in [-0.15, -0.1) is 6.58 Å². The van der Waals surface area contributed by atoms with Crippen molar-refractivity contribution in [1.29, 1.82) is 0 Å². The topological polar surface area (TPSA) is 50.4 Å². The molecule has 0 unspecified atom stereocenters. The average Bonchev–Trinajstić information content (AvgIpc) is 2.37. The number of rotatable bonds is 8. The van der Waals surface area contributed by atoms with Crippen LogP contribution in [-0.4, -0.2) is 38.8 Å². The summed E-state index contributed by atoms with van der Waals surface area (Å²) in [6, 6.07) is 0. The molecule has 104 valence electrons. The van der Waals surface area contributed by atoms with E-state index >= 15 is 0 Å². The fourth-order valence-electron chi connectivity index (χ4n) is 2.11. The SMILES string of the molecule is C=CCOCCCC(=O)NCC1(C)CCNCC1. The third-order valence-electron chi connectivity index (χ3n) is 3.45. The van der Waals surface area contributed by atoms with Crippen molar-refractivity contribution in [2.45, 2.75) is 32.6 Å². The number of nitrogens with one attached hydrogen (secondary N) is 2. The van der Waals surface area contributed by atoms with Crippen LogP contribution in [0.4, 0.5) is 0 Å². The molecule has 0 aliphatic carbocycles. The van der Waals surface area contributed by atoms with E-state index in [2.05, 4.69) is 24.1 Å². The van der Waals surface area contributed by atoms with Crippen LogP contribution >= 0.6 is 0 Å². The van der Waals surface area contributed by atoms with Gasteiger partial charge in [-0.2, -0.15) is 0 Å². The van der Waals surface area contributed by atoms with E-state index in [4.69, 9.17) is 4.74 Å². The van der Waals surface area contributed by atoms with Gasteiger partial charge in [-0.25, -0.2) is 0 Å². The maximum atomic E-state index is 11.7. The minimum absolute atomic E-state index is 0.136. The van der Waals surface area contributed by atoms with Gasteiger partial charge in [-0.3, -0.25) is 4.79 Å². The lowest BCUT2D eigenvalue weighted by molar-refractivity contribution is -0.122. The number of amides is 1. The van der Waals surface area contributed by atoms with Gasteiger partial charge < -0.3 is 15.4 Å². The largest absolute Gasteiger partial charge is 0.377 e.